The van der Waals surface area contributed by atoms with E-state index in [4.69, 9.17) is 9.52 Å². The summed E-state index contributed by atoms with van der Waals surface area (Å²) in [4.78, 5) is 6.83. The second-order valence-electron chi connectivity index (χ2n) is 9.38. The molecular weight excluding hydrogens is 412 g/mol. The van der Waals surface area contributed by atoms with E-state index >= 15 is 0 Å². The average molecular weight is 449 g/mol. The van der Waals surface area contributed by atoms with Crippen molar-refractivity contribution in [3.05, 3.63) is 89.1 Å². The molecular formula is C28H36N2O3. The molecule has 176 valence electrons. The molecule has 4 rings (SSSR count). The number of benzene rings is 2. The number of aliphatic hydroxyl groups excluding tert-OH is 1. The van der Waals surface area contributed by atoms with Crippen molar-refractivity contribution in [3.8, 4) is 0 Å². The first-order valence-corrected chi connectivity index (χ1v) is 12.2. The van der Waals surface area contributed by atoms with Gasteiger partial charge in [0.1, 0.15) is 5.76 Å². The van der Waals surface area contributed by atoms with Gasteiger partial charge in [-0.15, -0.1) is 0 Å². The number of aromatic nitrogens is 1. The highest BCUT2D eigenvalue weighted by molar-refractivity contribution is 5.30. The first-order chi connectivity index (χ1) is 16.1. The molecule has 3 aromatic rings. The first-order valence-electron chi connectivity index (χ1n) is 12.2. The zero-order valence-corrected chi connectivity index (χ0v) is 19.6. The van der Waals surface area contributed by atoms with Crippen molar-refractivity contribution >= 4 is 0 Å². The van der Waals surface area contributed by atoms with E-state index in [9.17, 15) is 5.11 Å². The summed E-state index contributed by atoms with van der Waals surface area (Å²) in [6, 6.07) is 18.3. The lowest BCUT2D eigenvalue weighted by Gasteiger charge is -2.36. The third-order valence-corrected chi connectivity index (χ3v) is 6.91. The summed E-state index contributed by atoms with van der Waals surface area (Å²) in [7, 11) is 2.10. The summed E-state index contributed by atoms with van der Waals surface area (Å²) in [6.45, 7) is 1.86. The van der Waals surface area contributed by atoms with E-state index in [1.54, 1.807) is 6.20 Å². The highest BCUT2D eigenvalue weighted by atomic mass is 16.4. The highest BCUT2D eigenvalue weighted by Crippen LogP contribution is 2.43. The van der Waals surface area contributed by atoms with E-state index in [0.29, 0.717) is 12.3 Å². The second-order valence-corrected chi connectivity index (χ2v) is 9.38. The maximum absolute atomic E-state index is 11.9. The SMILES string of the molecule is CN(CCc1cnc([C@](O)(c2ccccc2)C2CCCCC2)o1)Cc1ccc(CCO)cc1. The molecule has 1 atom stereocenters. The third kappa shape index (κ3) is 5.72. The molecule has 5 nitrogen and oxygen atoms in total. The molecule has 2 N–H and O–H groups in total. The molecule has 1 aromatic heterocycles. The van der Waals surface area contributed by atoms with Crippen LogP contribution < -0.4 is 0 Å². The summed E-state index contributed by atoms with van der Waals surface area (Å²) >= 11 is 0. The van der Waals surface area contributed by atoms with Crippen molar-refractivity contribution in [2.45, 2.75) is 57.1 Å². The van der Waals surface area contributed by atoms with Gasteiger partial charge in [0, 0.05) is 32.0 Å². The van der Waals surface area contributed by atoms with E-state index in [0.717, 1.165) is 62.1 Å². The Kier molecular flexibility index (Phi) is 7.97. The van der Waals surface area contributed by atoms with Gasteiger partial charge in [0.15, 0.2) is 5.60 Å². The maximum atomic E-state index is 11.9. The van der Waals surface area contributed by atoms with Crippen molar-refractivity contribution < 1.29 is 14.6 Å². The first kappa shape index (κ1) is 23.7. The van der Waals surface area contributed by atoms with Crippen LogP contribution >= 0.6 is 0 Å². The molecule has 0 unspecified atom stereocenters. The van der Waals surface area contributed by atoms with Gasteiger partial charge < -0.3 is 19.5 Å². The Morgan fingerprint density at radius 2 is 1.67 bits per heavy atom. The minimum absolute atomic E-state index is 0.122. The van der Waals surface area contributed by atoms with Crippen LogP contribution in [0.5, 0.6) is 0 Å². The molecule has 0 spiro atoms. The van der Waals surface area contributed by atoms with Crippen LogP contribution in [-0.2, 0) is 25.0 Å². The fourth-order valence-electron chi connectivity index (χ4n) is 4.98. The average Bonchev–Trinajstić information content (AvgIpc) is 3.34. The Morgan fingerprint density at radius 3 is 2.36 bits per heavy atom. The molecule has 0 bridgehead atoms. The predicted octanol–water partition coefficient (Wildman–Crippen LogP) is 4.70. The third-order valence-electron chi connectivity index (χ3n) is 6.91. The quantitative estimate of drug-likeness (QED) is 0.470. The van der Waals surface area contributed by atoms with E-state index in [1.807, 2.05) is 30.3 Å². The Balaban J connectivity index is 1.42. The molecule has 5 heteroatoms. The summed E-state index contributed by atoms with van der Waals surface area (Å²) in [6.07, 6.45) is 8.70. The molecule has 0 saturated heterocycles. The number of rotatable bonds is 10. The Morgan fingerprint density at radius 1 is 0.970 bits per heavy atom. The number of hydrogen-bond acceptors (Lipinski definition) is 5. The molecule has 0 amide bonds. The van der Waals surface area contributed by atoms with Gasteiger partial charge >= 0.3 is 0 Å². The smallest absolute Gasteiger partial charge is 0.231 e. The number of nitrogens with zero attached hydrogens (tertiary/aromatic N) is 2. The maximum Gasteiger partial charge on any atom is 0.231 e. The molecule has 0 radical (unpaired) electrons. The lowest BCUT2D eigenvalue weighted by Crippen LogP contribution is -2.38. The minimum atomic E-state index is -1.18. The van der Waals surface area contributed by atoms with E-state index < -0.39 is 5.60 Å². The van der Waals surface area contributed by atoms with Crippen LogP contribution in [0.4, 0.5) is 0 Å². The van der Waals surface area contributed by atoms with Crippen LogP contribution in [0, 0.1) is 5.92 Å². The van der Waals surface area contributed by atoms with E-state index in [-0.39, 0.29) is 12.5 Å². The molecule has 1 fully saturated rings. The largest absolute Gasteiger partial charge is 0.442 e. The van der Waals surface area contributed by atoms with Crippen LogP contribution in [-0.4, -0.2) is 40.3 Å². The van der Waals surface area contributed by atoms with Crippen molar-refractivity contribution in [2.24, 2.45) is 5.92 Å². The summed E-state index contributed by atoms with van der Waals surface area (Å²) in [5.41, 5.74) is 2.09. The van der Waals surface area contributed by atoms with Gasteiger partial charge in [-0.25, -0.2) is 4.98 Å². The monoisotopic (exact) mass is 448 g/mol. The Labute approximate surface area is 197 Å². The molecule has 2 aromatic carbocycles. The van der Waals surface area contributed by atoms with Gasteiger partial charge in [0.05, 0.1) is 6.20 Å². The normalized spacial score (nSPS) is 16.7. The van der Waals surface area contributed by atoms with Gasteiger partial charge in [0.2, 0.25) is 5.89 Å². The Hall–Kier alpha value is -2.47. The van der Waals surface area contributed by atoms with Crippen LogP contribution in [0.3, 0.4) is 0 Å². The molecule has 1 aliphatic carbocycles. The predicted molar refractivity (Wildman–Crippen MR) is 130 cm³/mol. The molecule has 1 heterocycles. The minimum Gasteiger partial charge on any atom is -0.442 e. The summed E-state index contributed by atoms with van der Waals surface area (Å²) in [5, 5.41) is 21.0. The van der Waals surface area contributed by atoms with E-state index in [1.165, 1.54) is 12.0 Å². The van der Waals surface area contributed by atoms with Gasteiger partial charge in [-0.2, -0.15) is 0 Å². The van der Waals surface area contributed by atoms with E-state index in [2.05, 4.69) is 41.2 Å². The summed E-state index contributed by atoms with van der Waals surface area (Å²) in [5.74, 6) is 1.36. The topological polar surface area (TPSA) is 69.7 Å². The van der Waals surface area contributed by atoms with Crippen molar-refractivity contribution in [1.29, 1.82) is 0 Å². The van der Waals surface area contributed by atoms with Crippen LogP contribution in [0.25, 0.3) is 0 Å². The molecule has 0 aliphatic heterocycles. The molecule has 1 aliphatic rings. The van der Waals surface area contributed by atoms with Crippen LogP contribution in [0.15, 0.2) is 65.2 Å². The highest BCUT2D eigenvalue weighted by Gasteiger charge is 2.44. The zero-order valence-electron chi connectivity index (χ0n) is 19.6. The lowest BCUT2D eigenvalue weighted by atomic mass is 9.73. The Bertz CT molecular complexity index is 980. The molecule has 1 saturated carbocycles. The number of aliphatic hydroxyl groups is 2. The van der Waals surface area contributed by atoms with Crippen LogP contribution in [0.1, 0.15) is 60.4 Å². The van der Waals surface area contributed by atoms with Crippen molar-refractivity contribution in [2.75, 3.05) is 20.2 Å². The zero-order chi connectivity index (χ0) is 23.1. The van der Waals surface area contributed by atoms with Crippen LogP contribution in [0.2, 0.25) is 0 Å². The van der Waals surface area contributed by atoms with Gasteiger partial charge in [-0.05, 0) is 43.0 Å². The second kappa shape index (κ2) is 11.1. The number of likely N-dealkylation sites (N-methyl/N-ethyl adjacent to an activating group) is 1. The lowest BCUT2D eigenvalue weighted by molar-refractivity contribution is -0.0239. The number of oxazole rings is 1. The van der Waals surface area contributed by atoms with Gasteiger partial charge in [0.25, 0.3) is 0 Å². The fraction of sp³-hybridized carbons (Fsp3) is 0.464. The standard InChI is InChI=1S/C28H36N2O3/c1-30(21-23-14-12-22(13-15-23)17-19-31)18-16-26-20-29-27(33-26)28(32,24-8-4-2-5-9-24)25-10-6-3-7-11-25/h2,4-5,8-9,12-15,20,25,31-32H,3,6-7,10-11,16-19,21H2,1H3/t28-/m0/s1. The summed E-state index contributed by atoms with van der Waals surface area (Å²) < 4.78 is 6.19. The van der Waals surface area contributed by atoms with Gasteiger partial charge in [-0.3, -0.25) is 0 Å². The van der Waals surface area contributed by atoms with Gasteiger partial charge in [-0.1, -0.05) is 73.9 Å². The molecule has 33 heavy (non-hydrogen) atoms. The van der Waals surface area contributed by atoms with Crippen molar-refractivity contribution in [3.63, 3.8) is 0 Å². The fourth-order valence-corrected chi connectivity index (χ4v) is 4.98. The number of hydrogen-bond donors (Lipinski definition) is 2. The van der Waals surface area contributed by atoms with Crippen molar-refractivity contribution in [1.82, 2.24) is 9.88 Å².